The largest absolute Gasteiger partial charge is 0.302 e. The fourth-order valence-corrected chi connectivity index (χ4v) is 2.07. The van der Waals surface area contributed by atoms with Crippen LogP contribution < -0.4 is 0 Å². The van der Waals surface area contributed by atoms with Crippen LogP contribution in [-0.4, -0.2) is 24.5 Å². The first-order valence-corrected chi connectivity index (χ1v) is 7.44. The van der Waals surface area contributed by atoms with Crippen molar-refractivity contribution in [2.75, 3.05) is 19.6 Å². The van der Waals surface area contributed by atoms with Crippen LogP contribution in [0.1, 0.15) is 71.6 Å². The van der Waals surface area contributed by atoms with Crippen LogP contribution in [0.2, 0.25) is 0 Å². The molecule has 100 valence electrons. The van der Waals surface area contributed by atoms with E-state index in [1.54, 1.807) is 0 Å². The minimum atomic E-state index is 0.682. The molecule has 0 aromatic heterocycles. The minimum Gasteiger partial charge on any atom is -0.302 e. The maximum atomic E-state index is 8.66. The number of hydrogen-bond acceptors (Lipinski definition) is 2. The molecule has 0 spiro atoms. The van der Waals surface area contributed by atoms with Crippen molar-refractivity contribution >= 4 is 0 Å². The van der Waals surface area contributed by atoms with Gasteiger partial charge in [0.2, 0.25) is 0 Å². The molecule has 0 saturated heterocycles. The molecule has 0 aliphatic rings. The molecule has 0 amide bonds. The number of nitriles is 1. The van der Waals surface area contributed by atoms with Gasteiger partial charge in [-0.15, -0.1) is 0 Å². The SMILES string of the molecule is CCCCCCN(CCC#N)CCCCCC. The van der Waals surface area contributed by atoms with E-state index in [2.05, 4.69) is 24.8 Å². The summed E-state index contributed by atoms with van der Waals surface area (Å²) in [5.41, 5.74) is 0. The van der Waals surface area contributed by atoms with E-state index in [0.717, 1.165) is 6.54 Å². The fraction of sp³-hybridized carbons (Fsp3) is 0.933. The molecule has 0 aliphatic heterocycles. The van der Waals surface area contributed by atoms with Crippen LogP contribution in [0.4, 0.5) is 0 Å². The van der Waals surface area contributed by atoms with Gasteiger partial charge < -0.3 is 4.90 Å². The van der Waals surface area contributed by atoms with Crippen molar-refractivity contribution in [3.05, 3.63) is 0 Å². The zero-order chi connectivity index (χ0) is 12.8. The summed E-state index contributed by atoms with van der Waals surface area (Å²) in [6.45, 7) is 7.84. The topological polar surface area (TPSA) is 27.0 Å². The highest BCUT2D eigenvalue weighted by Crippen LogP contribution is 2.05. The Labute approximate surface area is 108 Å². The van der Waals surface area contributed by atoms with Crippen molar-refractivity contribution in [3.8, 4) is 6.07 Å². The van der Waals surface area contributed by atoms with Crippen molar-refractivity contribution in [1.29, 1.82) is 5.26 Å². The second kappa shape index (κ2) is 13.5. The first-order chi connectivity index (χ1) is 8.35. The van der Waals surface area contributed by atoms with Gasteiger partial charge in [-0.2, -0.15) is 5.26 Å². The molecule has 0 radical (unpaired) electrons. The van der Waals surface area contributed by atoms with Crippen molar-refractivity contribution < 1.29 is 0 Å². The van der Waals surface area contributed by atoms with Gasteiger partial charge >= 0.3 is 0 Å². The molecule has 0 aromatic carbocycles. The van der Waals surface area contributed by atoms with E-state index in [0.29, 0.717) is 6.42 Å². The van der Waals surface area contributed by atoms with Gasteiger partial charge in [-0.05, 0) is 25.9 Å². The molecule has 0 heterocycles. The van der Waals surface area contributed by atoms with E-state index in [1.807, 2.05) is 0 Å². The third-order valence-electron chi connectivity index (χ3n) is 3.20. The average molecular weight is 238 g/mol. The van der Waals surface area contributed by atoms with Gasteiger partial charge in [-0.1, -0.05) is 52.4 Å². The third-order valence-corrected chi connectivity index (χ3v) is 3.20. The summed E-state index contributed by atoms with van der Waals surface area (Å²) in [7, 11) is 0. The molecule has 17 heavy (non-hydrogen) atoms. The summed E-state index contributed by atoms with van der Waals surface area (Å²) in [6, 6.07) is 2.26. The van der Waals surface area contributed by atoms with Crippen LogP contribution in [0.15, 0.2) is 0 Å². The molecule has 0 saturated carbocycles. The quantitative estimate of drug-likeness (QED) is 0.472. The lowest BCUT2D eigenvalue weighted by Gasteiger charge is -2.20. The highest BCUT2D eigenvalue weighted by atomic mass is 15.1. The van der Waals surface area contributed by atoms with Gasteiger partial charge in [0.1, 0.15) is 0 Å². The van der Waals surface area contributed by atoms with Crippen LogP contribution >= 0.6 is 0 Å². The minimum absolute atomic E-state index is 0.682. The Hall–Kier alpha value is -0.550. The van der Waals surface area contributed by atoms with Crippen LogP contribution in [0, 0.1) is 11.3 Å². The van der Waals surface area contributed by atoms with E-state index in [1.165, 1.54) is 64.5 Å². The maximum Gasteiger partial charge on any atom is 0.0635 e. The van der Waals surface area contributed by atoms with E-state index >= 15 is 0 Å². The molecule has 0 aromatic rings. The zero-order valence-corrected chi connectivity index (χ0v) is 11.9. The predicted octanol–water partition coefficient (Wildman–Crippen LogP) is 4.36. The summed E-state index contributed by atoms with van der Waals surface area (Å²) in [5, 5.41) is 8.66. The molecule has 2 nitrogen and oxygen atoms in total. The second-order valence-corrected chi connectivity index (χ2v) is 4.87. The summed E-state index contributed by atoms with van der Waals surface area (Å²) < 4.78 is 0. The molecule has 0 N–H and O–H groups in total. The van der Waals surface area contributed by atoms with Gasteiger partial charge in [0.05, 0.1) is 6.07 Å². The molecule has 0 unspecified atom stereocenters. The number of hydrogen-bond donors (Lipinski definition) is 0. The monoisotopic (exact) mass is 238 g/mol. The van der Waals surface area contributed by atoms with E-state index in [4.69, 9.17) is 5.26 Å². The molecule has 0 bridgehead atoms. The standard InChI is InChI=1S/C15H30N2/c1-3-5-7-9-13-17(15-11-12-16)14-10-8-6-4-2/h3-11,13-15H2,1-2H3. The molecule has 0 aliphatic carbocycles. The van der Waals surface area contributed by atoms with Crippen LogP contribution in [0.25, 0.3) is 0 Å². The van der Waals surface area contributed by atoms with Crippen molar-refractivity contribution in [1.82, 2.24) is 4.90 Å². The van der Waals surface area contributed by atoms with Gasteiger partial charge in [-0.3, -0.25) is 0 Å². The number of rotatable bonds is 12. The van der Waals surface area contributed by atoms with Gasteiger partial charge in [0.25, 0.3) is 0 Å². The predicted molar refractivity (Wildman–Crippen MR) is 75.0 cm³/mol. The highest BCUT2D eigenvalue weighted by Gasteiger charge is 2.03. The number of nitrogens with zero attached hydrogens (tertiary/aromatic N) is 2. The molecule has 0 atom stereocenters. The molecule has 0 fully saturated rings. The lowest BCUT2D eigenvalue weighted by molar-refractivity contribution is 0.266. The van der Waals surface area contributed by atoms with Crippen molar-refractivity contribution in [2.45, 2.75) is 71.6 Å². The first-order valence-electron chi connectivity index (χ1n) is 7.44. The lowest BCUT2D eigenvalue weighted by atomic mass is 10.1. The smallest absolute Gasteiger partial charge is 0.0635 e. The van der Waals surface area contributed by atoms with E-state index in [9.17, 15) is 0 Å². The summed E-state index contributed by atoms with van der Waals surface area (Å²) in [4.78, 5) is 2.48. The third kappa shape index (κ3) is 11.7. The summed E-state index contributed by atoms with van der Waals surface area (Å²) in [6.07, 6.45) is 11.3. The van der Waals surface area contributed by atoms with Gasteiger partial charge in [0, 0.05) is 13.0 Å². The van der Waals surface area contributed by atoms with Gasteiger partial charge in [-0.25, -0.2) is 0 Å². The molecule has 0 rings (SSSR count). The van der Waals surface area contributed by atoms with E-state index < -0.39 is 0 Å². The molecular formula is C15H30N2. The summed E-state index contributed by atoms with van der Waals surface area (Å²) in [5.74, 6) is 0. The lowest BCUT2D eigenvalue weighted by Crippen LogP contribution is -2.27. The Morgan fingerprint density at radius 1 is 0.765 bits per heavy atom. The van der Waals surface area contributed by atoms with Crippen LogP contribution in [0.3, 0.4) is 0 Å². The Bertz CT molecular complexity index is 172. The zero-order valence-electron chi connectivity index (χ0n) is 11.9. The normalized spacial score (nSPS) is 10.7. The fourth-order valence-electron chi connectivity index (χ4n) is 2.07. The first kappa shape index (κ1) is 16.4. The molecule has 2 heteroatoms. The Balaban J connectivity index is 3.60. The van der Waals surface area contributed by atoms with Crippen molar-refractivity contribution in [2.24, 2.45) is 0 Å². The number of unbranched alkanes of at least 4 members (excludes halogenated alkanes) is 6. The van der Waals surface area contributed by atoms with Gasteiger partial charge in [0.15, 0.2) is 0 Å². The maximum absolute atomic E-state index is 8.66. The highest BCUT2D eigenvalue weighted by molar-refractivity contribution is 4.72. The van der Waals surface area contributed by atoms with Crippen LogP contribution in [0.5, 0.6) is 0 Å². The average Bonchev–Trinajstić information content (AvgIpc) is 2.35. The second-order valence-electron chi connectivity index (χ2n) is 4.87. The Kier molecular flexibility index (Phi) is 13.1. The van der Waals surface area contributed by atoms with E-state index in [-0.39, 0.29) is 0 Å². The van der Waals surface area contributed by atoms with Crippen molar-refractivity contribution in [3.63, 3.8) is 0 Å². The van der Waals surface area contributed by atoms with Crippen LogP contribution in [-0.2, 0) is 0 Å². The Morgan fingerprint density at radius 3 is 1.71 bits per heavy atom. The molecular weight excluding hydrogens is 208 g/mol. The Morgan fingerprint density at radius 2 is 1.29 bits per heavy atom. The summed E-state index contributed by atoms with van der Waals surface area (Å²) >= 11 is 0.